The summed E-state index contributed by atoms with van der Waals surface area (Å²) in [5, 5.41) is 0. The van der Waals surface area contributed by atoms with Gasteiger partial charge in [0.1, 0.15) is 12.5 Å². The standard InChI is InChI=1S/C25H33NO9/c1-7-16(3)22(25(31)34-6)26(20(27)14-21(28)35-8-2)15-19(24(30)33-5)13-17-9-11-18(12-10-17)23(29)32-4/h9-13,16,22H,7-8,14-15H2,1-6H3. The normalized spacial score (nSPS) is 12.7. The fourth-order valence-electron chi connectivity index (χ4n) is 3.31. The maximum Gasteiger partial charge on any atom is 0.337 e. The molecule has 0 spiro atoms. The molecule has 10 nitrogen and oxygen atoms in total. The second-order valence-electron chi connectivity index (χ2n) is 7.63. The van der Waals surface area contributed by atoms with Crippen molar-refractivity contribution in [1.82, 2.24) is 4.90 Å². The fraction of sp³-hybridized carbons (Fsp3) is 0.480. The molecule has 0 saturated carbocycles. The smallest absolute Gasteiger partial charge is 0.337 e. The summed E-state index contributed by atoms with van der Waals surface area (Å²) in [5.74, 6) is -3.72. The second kappa shape index (κ2) is 14.5. The van der Waals surface area contributed by atoms with E-state index in [-0.39, 0.29) is 24.6 Å². The van der Waals surface area contributed by atoms with E-state index < -0.39 is 42.2 Å². The van der Waals surface area contributed by atoms with Crippen LogP contribution in [-0.4, -0.2) is 75.2 Å². The van der Waals surface area contributed by atoms with Crippen LogP contribution in [0.5, 0.6) is 0 Å². The van der Waals surface area contributed by atoms with Gasteiger partial charge in [-0.1, -0.05) is 32.4 Å². The average Bonchev–Trinajstić information content (AvgIpc) is 2.86. The molecular formula is C25H33NO9. The molecule has 1 aromatic rings. The highest BCUT2D eigenvalue weighted by Crippen LogP contribution is 2.21. The first kappa shape index (κ1) is 29.3. The Bertz CT molecular complexity index is 937. The Morgan fingerprint density at radius 1 is 0.943 bits per heavy atom. The molecule has 2 atom stereocenters. The SMILES string of the molecule is CCOC(=O)CC(=O)N(CC(=Cc1ccc(C(=O)OC)cc1)C(=O)OC)C(C(=O)OC)C(C)CC. The fourth-order valence-corrected chi connectivity index (χ4v) is 3.31. The van der Waals surface area contributed by atoms with E-state index in [4.69, 9.17) is 14.2 Å². The summed E-state index contributed by atoms with van der Waals surface area (Å²) >= 11 is 0. The Kier molecular flexibility index (Phi) is 12.2. The Labute approximate surface area is 205 Å². The highest BCUT2D eigenvalue weighted by molar-refractivity contribution is 5.99. The van der Waals surface area contributed by atoms with Gasteiger partial charge < -0.3 is 23.8 Å². The lowest BCUT2D eigenvalue weighted by Crippen LogP contribution is -2.51. The van der Waals surface area contributed by atoms with E-state index in [9.17, 15) is 24.0 Å². The molecule has 10 heteroatoms. The lowest BCUT2D eigenvalue weighted by atomic mass is 9.96. The molecule has 0 bridgehead atoms. The van der Waals surface area contributed by atoms with Crippen molar-refractivity contribution in [3.63, 3.8) is 0 Å². The quantitative estimate of drug-likeness (QED) is 0.187. The van der Waals surface area contributed by atoms with Crippen molar-refractivity contribution in [2.75, 3.05) is 34.5 Å². The summed E-state index contributed by atoms with van der Waals surface area (Å²) in [6.45, 7) is 4.98. The van der Waals surface area contributed by atoms with Crippen molar-refractivity contribution >= 4 is 35.9 Å². The number of rotatable bonds is 12. The van der Waals surface area contributed by atoms with Gasteiger partial charge in [0, 0.05) is 0 Å². The molecule has 0 radical (unpaired) electrons. The third-order valence-corrected chi connectivity index (χ3v) is 5.34. The van der Waals surface area contributed by atoms with E-state index in [1.807, 2.05) is 6.92 Å². The third kappa shape index (κ3) is 8.55. The minimum Gasteiger partial charge on any atom is -0.467 e. The van der Waals surface area contributed by atoms with E-state index in [1.54, 1.807) is 26.0 Å². The Hall–Kier alpha value is -3.69. The van der Waals surface area contributed by atoms with E-state index in [0.29, 0.717) is 17.5 Å². The predicted octanol–water partition coefficient (Wildman–Crippen LogP) is 2.40. The summed E-state index contributed by atoms with van der Waals surface area (Å²) in [7, 11) is 3.65. The Morgan fingerprint density at radius 2 is 1.57 bits per heavy atom. The van der Waals surface area contributed by atoms with E-state index >= 15 is 0 Å². The molecule has 2 unspecified atom stereocenters. The van der Waals surface area contributed by atoms with Crippen LogP contribution in [0.3, 0.4) is 0 Å². The topological polar surface area (TPSA) is 126 Å². The molecule has 1 aromatic carbocycles. The molecule has 35 heavy (non-hydrogen) atoms. The number of benzene rings is 1. The minimum absolute atomic E-state index is 0.0488. The van der Waals surface area contributed by atoms with Crippen LogP contribution < -0.4 is 0 Å². The van der Waals surface area contributed by atoms with Crippen LogP contribution in [-0.2, 0) is 38.1 Å². The van der Waals surface area contributed by atoms with Crippen LogP contribution in [0.25, 0.3) is 6.08 Å². The first-order chi connectivity index (χ1) is 16.6. The maximum atomic E-state index is 13.1. The Balaban J connectivity index is 3.48. The number of esters is 4. The first-order valence-electron chi connectivity index (χ1n) is 11.1. The summed E-state index contributed by atoms with van der Waals surface area (Å²) in [6.07, 6.45) is 1.39. The summed E-state index contributed by atoms with van der Waals surface area (Å²) in [6, 6.07) is 5.17. The molecule has 1 rings (SSSR count). The zero-order valence-electron chi connectivity index (χ0n) is 21.0. The zero-order valence-corrected chi connectivity index (χ0v) is 21.0. The van der Waals surface area contributed by atoms with Crippen molar-refractivity contribution in [3.8, 4) is 0 Å². The van der Waals surface area contributed by atoms with Crippen LogP contribution in [0.4, 0.5) is 0 Å². The molecule has 0 aliphatic rings. The maximum absolute atomic E-state index is 13.1. The average molecular weight is 492 g/mol. The van der Waals surface area contributed by atoms with Gasteiger partial charge in [-0.05, 0) is 36.6 Å². The predicted molar refractivity (Wildman–Crippen MR) is 126 cm³/mol. The molecule has 192 valence electrons. The van der Waals surface area contributed by atoms with E-state index in [1.165, 1.54) is 39.5 Å². The van der Waals surface area contributed by atoms with Gasteiger partial charge >= 0.3 is 23.9 Å². The van der Waals surface area contributed by atoms with E-state index in [0.717, 1.165) is 4.90 Å². The molecule has 1 amide bonds. The van der Waals surface area contributed by atoms with Crippen molar-refractivity contribution < 1.29 is 42.9 Å². The largest absolute Gasteiger partial charge is 0.467 e. The first-order valence-corrected chi connectivity index (χ1v) is 11.1. The Morgan fingerprint density at radius 3 is 2.06 bits per heavy atom. The number of carbonyl (C=O) groups is 5. The van der Waals surface area contributed by atoms with Crippen molar-refractivity contribution in [2.45, 2.75) is 39.7 Å². The number of carbonyl (C=O) groups excluding carboxylic acids is 5. The van der Waals surface area contributed by atoms with Crippen molar-refractivity contribution in [1.29, 1.82) is 0 Å². The summed E-state index contributed by atoms with van der Waals surface area (Å²) in [4.78, 5) is 63.3. The van der Waals surface area contributed by atoms with E-state index in [2.05, 4.69) is 4.74 Å². The van der Waals surface area contributed by atoms with Crippen molar-refractivity contribution in [2.24, 2.45) is 5.92 Å². The minimum atomic E-state index is -1.05. The molecule has 0 N–H and O–H groups in total. The summed E-state index contributed by atoms with van der Waals surface area (Å²) < 4.78 is 19.4. The number of nitrogens with zero attached hydrogens (tertiary/aromatic N) is 1. The molecule has 0 fully saturated rings. The molecule has 0 aliphatic heterocycles. The van der Waals surface area contributed by atoms with Crippen LogP contribution in [0.1, 0.15) is 49.5 Å². The van der Waals surface area contributed by atoms with Crippen LogP contribution in [0.15, 0.2) is 29.8 Å². The highest BCUT2D eigenvalue weighted by atomic mass is 16.5. The van der Waals surface area contributed by atoms with Gasteiger partial charge in [0.25, 0.3) is 0 Å². The van der Waals surface area contributed by atoms with Crippen LogP contribution in [0, 0.1) is 5.92 Å². The number of amides is 1. The second-order valence-corrected chi connectivity index (χ2v) is 7.63. The molecule has 0 aliphatic carbocycles. The zero-order chi connectivity index (χ0) is 26.5. The van der Waals surface area contributed by atoms with Gasteiger partial charge in [-0.2, -0.15) is 0 Å². The number of methoxy groups -OCH3 is 3. The molecule has 0 aromatic heterocycles. The van der Waals surface area contributed by atoms with Gasteiger partial charge in [-0.3, -0.25) is 9.59 Å². The molecule has 0 heterocycles. The lowest BCUT2D eigenvalue weighted by molar-refractivity contribution is -0.158. The van der Waals surface area contributed by atoms with Gasteiger partial charge in [0.05, 0.1) is 45.6 Å². The van der Waals surface area contributed by atoms with Crippen LogP contribution >= 0.6 is 0 Å². The van der Waals surface area contributed by atoms with Gasteiger partial charge in [-0.15, -0.1) is 0 Å². The lowest BCUT2D eigenvalue weighted by Gasteiger charge is -2.33. The van der Waals surface area contributed by atoms with Gasteiger partial charge in [0.15, 0.2) is 0 Å². The monoisotopic (exact) mass is 491 g/mol. The van der Waals surface area contributed by atoms with Crippen LogP contribution in [0.2, 0.25) is 0 Å². The molecule has 0 saturated heterocycles. The number of ether oxygens (including phenoxy) is 4. The number of hydrogen-bond donors (Lipinski definition) is 0. The summed E-state index contributed by atoms with van der Waals surface area (Å²) in [5.41, 5.74) is 0.903. The number of hydrogen-bond acceptors (Lipinski definition) is 9. The van der Waals surface area contributed by atoms with Gasteiger partial charge in [-0.25, -0.2) is 14.4 Å². The highest BCUT2D eigenvalue weighted by Gasteiger charge is 2.36. The third-order valence-electron chi connectivity index (χ3n) is 5.34. The van der Waals surface area contributed by atoms with Gasteiger partial charge in [0.2, 0.25) is 5.91 Å². The van der Waals surface area contributed by atoms with Crippen molar-refractivity contribution in [3.05, 3.63) is 41.0 Å². The molecular weight excluding hydrogens is 458 g/mol.